The highest BCUT2D eigenvalue weighted by atomic mass is 32.1. The summed E-state index contributed by atoms with van der Waals surface area (Å²) < 4.78 is 92.2. The Bertz CT molecular complexity index is 3320. The predicted octanol–water partition coefficient (Wildman–Crippen LogP) is 4.31. The van der Waals surface area contributed by atoms with Gasteiger partial charge in [-0.25, -0.2) is 28.1 Å². The summed E-state index contributed by atoms with van der Waals surface area (Å²) in [5.41, 5.74) is -7.71. The molecule has 0 radical (unpaired) electrons. The molecule has 0 aliphatic rings. The first-order chi connectivity index (χ1) is 63.4. The van der Waals surface area contributed by atoms with Gasteiger partial charge in [0.1, 0.15) is 111 Å². The van der Waals surface area contributed by atoms with Crippen LogP contribution < -0.4 is 17.1 Å². The lowest BCUT2D eigenvalue weighted by Crippen LogP contribution is -2.55. The molecule has 133 heavy (non-hydrogen) atoms. The second-order valence-corrected chi connectivity index (χ2v) is 35.1. The molecular formula is C78H127N3O36S16. The molecule has 55 heteroatoms. The van der Waals surface area contributed by atoms with Gasteiger partial charge in [-0.3, -0.25) is 76.7 Å². The van der Waals surface area contributed by atoms with Gasteiger partial charge in [-0.1, -0.05) is 6.92 Å². The molecule has 0 aromatic carbocycles. The molecule has 0 spiro atoms. The Balaban J connectivity index is -0.00000175. The van der Waals surface area contributed by atoms with Gasteiger partial charge in [0, 0.05) is 92.0 Å². The molecule has 1 aromatic heterocycles. The maximum Gasteiger partial charge on any atom is 0.336 e. The van der Waals surface area contributed by atoms with Crippen molar-refractivity contribution in [2.24, 2.45) is 21.7 Å². The van der Waals surface area contributed by atoms with Crippen molar-refractivity contribution in [1.82, 2.24) is 13.7 Å². The smallest absolute Gasteiger partial charge is 0.336 e. The third kappa shape index (κ3) is 65.9. The third-order valence-electron chi connectivity index (χ3n) is 16.8. The van der Waals surface area contributed by atoms with Gasteiger partial charge in [-0.2, -0.15) is 202 Å². The van der Waals surface area contributed by atoms with Gasteiger partial charge in [0.15, 0.2) is 0 Å². The number of hydrogen-bond donors (Lipinski definition) is 16. The van der Waals surface area contributed by atoms with E-state index < -0.39 is 134 Å². The molecule has 1 heterocycles. The quantitative estimate of drug-likeness (QED) is 0.0245. The van der Waals surface area contributed by atoms with Crippen LogP contribution in [0.25, 0.3) is 0 Å². The van der Waals surface area contributed by atoms with Crippen LogP contribution in [0.4, 0.5) is 0 Å². The number of aromatic nitrogens is 3. The van der Waals surface area contributed by atoms with Crippen LogP contribution in [0, 0.1) is 21.7 Å². The molecule has 0 unspecified atom stereocenters. The van der Waals surface area contributed by atoms with Crippen molar-refractivity contribution in [1.29, 1.82) is 0 Å². The van der Waals surface area contributed by atoms with Crippen LogP contribution in [0.1, 0.15) is 116 Å². The molecule has 1 rings (SSSR count). The van der Waals surface area contributed by atoms with E-state index in [-0.39, 0.29) is 316 Å². The number of nitrogens with zero attached hydrogens (tertiary/aromatic N) is 3. The van der Waals surface area contributed by atoms with Crippen LogP contribution in [0.2, 0.25) is 0 Å². The molecule has 39 nitrogen and oxygen atoms in total. The highest BCUT2D eigenvalue weighted by molar-refractivity contribution is 7.82. The summed E-state index contributed by atoms with van der Waals surface area (Å²) in [6.07, 6.45) is 1.36. The lowest BCUT2D eigenvalue weighted by atomic mass is 9.88. The van der Waals surface area contributed by atoms with Crippen molar-refractivity contribution in [2.45, 2.75) is 136 Å². The zero-order valence-electron chi connectivity index (χ0n) is 73.9. The Kier molecular flexibility index (Phi) is 83.1. The molecule has 0 aliphatic heterocycles. The Morgan fingerprint density at radius 1 is 0.188 bits per heavy atom. The summed E-state index contributed by atoms with van der Waals surface area (Å²) in [7, 11) is 0. The average molecular weight is 2200 g/mol. The van der Waals surface area contributed by atoms with Crippen LogP contribution >= 0.6 is 202 Å². The van der Waals surface area contributed by atoms with Crippen molar-refractivity contribution in [3.63, 3.8) is 0 Å². The highest BCUT2D eigenvalue weighted by Crippen LogP contribution is 2.29. The minimum absolute atomic E-state index is 0.00157. The van der Waals surface area contributed by atoms with E-state index in [1.54, 1.807) is 0 Å². The maximum absolute atomic E-state index is 12.7. The summed E-state index contributed by atoms with van der Waals surface area (Å²) in [6, 6.07) is 0. The van der Waals surface area contributed by atoms with Crippen molar-refractivity contribution in [3.05, 3.63) is 31.5 Å². The normalized spacial score (nSPS) is 11.0. The standard InChI is InChI=1S/C28H46O13S6.C18H27N3O9S3.C17H28O8S4.C15H26O6S3/c29-21(1-7-42)36-15-27(16-37-22(30)2-8-43,17-38-23(31)3-9-44)13-35-14-28(18-39-24(32)4-10-45,19-40-25(33)5-11-46)20-41-26(34)6-12-47;22-13(1-10-31)28-7-4-19-16(25)20(5-8-29-14(23)2-11-32)18(27)21(17(19)26)6-9-30-15(24)3-12-33;18-13(1-5-26)22-9-17(10-23-14(19)2-6-27,11-24-15(20)3-7-28)12-25-16(21)4-8-29;1-2-15(9-19-12(16)3-6-22,10-20-13(17)4-7-23)11-21-14(18)5-8-24/h42-47H,1-20H2;31-33H,1-12H2;26-29H,1-12H2;22-24H,2-11H2,1H3. The van der Waals surface area contributed by atoms with Crippen LogP contribution in [0.3, 0.4) is 0 Å². The minimum atomic E-state index is -1.41. The second-order valence-electron chi connectivity index (χ2n) is 28.0. The van der Waals surface area contributed by atoms with Crippen LogP contribution in [-0.4, -0.2) is 320 Å². The SMILES string of the molecule is CCC(COC(=O)CCS)(COC(=O)CCS)COC(=O)CCS.O=C(CCS)OCC(COC(=O)CCS)(COC(=O)CCS)COC(=O)CCS.O=C(CCS)OCC(COCC(COC(=O)CCS)(COC(=O)CCS)COC(=O)CCS)(COC(=O)CCS)COC(=O)CCS.O=C(CCS)OCCn1c(=O)n(CCOC(=O)CCS)c(=O)n(CCOC(=O)CCS)c1=O. The van der Waals surface area contributed by atoms with E-state index in [0.717, 1.165) is 13.7 Å². The first-order valence-corrected chi connectivity index (χ1v) is 51.3. The highest BCUT2D eigenvalue weighted by Gasteiger charge is 2.43. The average Bonchev–Trinajstić information content (AvgIpc) is 0.783. The number of carbonyl (C=O) groups excluding carboxylic acids is 16. The first kappa shape index (κ1) is 133. The maximum atomic E-state index is 12.7. The molecule has 0 bridgehead atoms. The monoisotopic (exact) mass is 2190 g/mol. The topological polar surface area (TPSA) is 496 Å². The third-order valence-corrected chi connectivity index (χ3v) is 20.3. The fraction of sp³-hybridized carbons (Fsp3) is 0.756. The molecule has 0 amide bonds. The van der Waals surface area contributed by atoms with E-state index in [2.05, 4.69) is 202 Å². The van der Waals surface area contributed by atoms with Gasteiger partial charge in [0.2, 0.25) is 0 Å². The van der Waals surface area contributed by atoms with Crippen molar-refractivity contribution in [2.75, 3.05) is 211 Å². The Labute approximate surface area is 861 Å². The molecule has 766 valence electrons. The van der Waals surface area contributed by atoms with Crippen molar-refractivity contribution >= 4 is 298 Å². The summed E-state index contributed by atoms with van der Waals surface area (Å²) in [5.74, 6) is -4.25. The molecule has 0 aliphatic carbocycles. The van der Waals surface area contributed by atoms with E-state index in [9.17, 15) is 91.1 Å². The zero-order valence-corrected chi connectivity index (χ0v) is 88.2. The Morgan fingerprint density at radius 2 is 0.301 bits per heavy atom. The number of esters is 16. The predicted molar refractivity (Wildman–Crippen MR) is 541 cm³/mol. The summed E-state index contributed by atoms with van der Waals surface area (Å²) in [4.78, 5) is 228. The number of rotatable bonds is 72. The molecule has 0 fully saturated rings. The molecule has 0 atom stereocenters. The van der Waals surface area contributed by atoms with Crippen LogP contribution in [0.15, 0.2) is 14.4 Å². The van der Waals surface area contributed by atoms with Crippen molar-refractivity contribution in [3.8, 4) is 0 Å². The van der Waals surface area contributed by atoms with E-state index >= 15 is 0 Å². The van der Waals surface area contributed by atoms with Gasteiger partial charge in [-0.15, -0.1) is 0 Å². The number of hydrogen-bond acceptors (Lipinski definition) is 52. The fourth-order valence-corrected chi connectivity index (χ4v) is 12.2. The summed E-state index contributed by atoms with van der Waals surface area (Å²) >= 11 is 63.8. The fourth-order valence-electron chi connectivity index (χ4n) is 9.33. The Morgan fingerprint density at radius 3 is 0.421 bits per heavy atom. The number of thiol groups is 16. The first-order valence-electron chi connectivity index (χ1n) is 41.2. The molecular weight excluding hydrogens is 2070 g/mol. The number of ether oxygens (including phenoxy) is 17. The summed E-state index contributed by atoms with van der Waals surface area (Å²) in [6.45, 7) is -4.08. The summed E-state index contributed by atoms with van der Waals surface area (Å²) in [5, 5.41) is 0. The zero-order chi connectivity index (χ0) is 101. The van der Waals surface area contributed by atoms with E-state index in [4.69, 9.17) is 80.5 Å². The van der Waals surface area contributed by atoms with Gasteiger partial charge in [-0.05, 0) is 6.42 Å². The molecule has 0 saturated carbocycles. The van der Waals surface area contributed by atoms with Crippen molar-refractivity contribution < 1.29 is 157 Å². The van der Waals surface area contributed by atoms with Gasteiger partial charge in [0.25, 0.3) is 0 Å². The molecule has 0 saturated heterocycles. The van der Waals surface area contributed by atoms with Crippen LogP contribution in [-0.2, 0) is 177 Å². The number of carbonyl (C=O) groups is 16. The largest absolute Gasteiger partial charge is 0.465 e. The van der Waals surface area contributed by atoms with Gasteiger partial charge >= 0.3 is 113 Å². The Hall–Kier alpha value is -4.51. The molecule has 0 N–H and O–H groups in total. The van der Waals surface area contributed by atoms with Gasteiger partial charge < -0.3 is 80.5 Å². The van der Waals surface area contributed by atoms with E-state index in [1.165, 1.54) is 0 Å². The van der Waals surface area contributed by atoms with E-state index in [1.807, 2.05) is 6.92 Å². The van der Waals surface area contributed by atoms with Crippen LogP contribution in [0.5, 0.6) is 0 Å². The lowest BCUT2D eigenvalue weighted by Gasteiger charge is -2.35. The lowest BCUT2D eigenvalue weighted by molar-refractivity contribution is -0.177. The second kappa shape index (κ2) is 83.3. The minimum Gasteiger partial charge on any atom is -0.465 e. The van der Waals surface area contributed by atoms with Gasteiger partial charge in [0.05, 0.1) is 152 Å². The van der Waals surface area contributed by atoms with E-state index in [0.29, 0.717) is 23.7 Å². The molecule has 1 aromatic rings.